The fraction of sp³-hybridized carbons (Fsp3) is 0.696. The summed E-state index contributed by atoms with van der Waals surface area (Å²) in [5, 5.41) is 3.87. The van der Waals surface area contributed by atoms with Crippen molar-refractivity contribution in [3.63, 3.8) is 0 Å². The fourth-order valence-corrected chi connectivity index (χ4v) is 6.72. The number of rotatable bonds is 3. The van der Waals surface area contributed by atoms with Crippen LogP contribution in [0.15, 0.2) is 23.1 Å². The lowest BCUT2D eigenvalue weighted by atomic mass is 9.73. The van der Waals surface area contributed by atoms with E-state index in [-0.39, 0.29) is 5.41 Å². The summed E-state index contributed by atoms with van der Waals surface area (Å²) in [6, 6.07) is 8.26. The zero-order chi connectivity index (χ0) is 19.3. The van der Waals surface area contributed by atoms with Crippen molar-refractivity contribution >= 4 is 17.7 Å². The van der Waals surface area contributed by atoms with Gasteiger partial charge >= 0.3 is 0 Å². The molecule has 4 nitrogen and oxygen atoms in total. The summed E-state index contributed by atoms with van der Waals surface area (Å²) in [7, 11) is 0. The summed E-state index contributed by atoms with van der Waals surface area (Å²) in [6.07, 6.45) is 8.56. The highest BCUT2D eigenvalue weighted by atomic mass is 32.2. The number of nitrogens with zero attached hydrogens (tertiary/aromatic N) is 1. The van der Waals surface area contributed by atoms with Crippen molar-refractivity contribution in [3.8, 4) is 0 Å². The highest BCUT2D eigenvalue weighted by molar-refractivity contribution is 7.98. The Morgan fingerprint density at radius 2 is 2.00 bits per heavy atom. The Bertz CT molecular complexity index is 763. The van der Waals surface area contributed by atoms with Crippen LogP contribution >= 0.6 is 11.8 Å². The summed E-state index contributed by atoms with van der Waals surface area (Å²) in [5.74, 6) is 0.872. The summed E-state index contributed by atoms with van der Waals surface area (Å²) >= 11 is 1.78. The molecule has 0 bridgehead atoms. The van der Waals surface area contributed by atoms with Gasteiger partial charge in [0.2, 0.25) is 5.91 Å². The quantitative estimate of drug-likeness (QED) is 0.787. The first kappa shape index (κ1) is 19.0. The van der Waals surface area contributed by atoms with Crippen molar-refractivity contribution < 1.29 is 9.53 Å². The Hall–Kier alpha value is -1.04. The Morgan fingerprint density at radius 1 is 1.18 bits per heavy atom. The highest BCUT2D eigenvalue weighted by Crippen LogP contribution is 2.54. The second-order valence-corrected chi connectivity index (χ2v) is 10.2. The lowest BCUT2D eigenvalue weighted by Gasteiger charge is -2.33. The van der Waals surface area contributed by atoms with Crippen molar-refractivity contribution in [2.75, 3.05) is 19.5 Å². The molecule has 1 amide bonds. The molecular weight excluding hydrogens is 368 g/mol. The van der Waals surface area contributed by atoms with Gasteiger partial charge in [-0.3, -0.25) is 4.79 Å². The molecule has 2 saturated heterocycles. The van der Waals surface area contributed by atoms with E-state index in [2.05, 4.69) is 41.6 Å². The Kier molecular flexibility index (Phi) is 4.96. The van der Waals surface area contributed by atoms with Crippen LogP contribution in [0, 0.1) is 11.3 Å². The molecule has 1 N–H and O–H groups in total. The third-order valence-corrected chi connectivity index (χ3v) is 8.69. The summed E-state index contributed by atoms with van der Waals surface area (Å²) < 4.78 is 5.50. The van der Waals surface area contributed by atoms with Crippen LogP contribution in [0.3, 0.4) is 0 Å². The van der Waals surface area contributed by atoms with Crippen LogP contribution in [-0.4, -0.2) is 48.4 Å². The minimum atomic E-state index is -0.141. The molecule has 3 aliphatic heterocycles. The number of amides is 1. The van der Waals surface area contributed by atoms with Crippen LogP contribution in [0.2, 0.25) is 0 Å². The monoisotopic (exact) mass is 400 g/mol. The number of benzene rings is 1. The van der Waals surface area contributed by atoms with Crippen LogP contribution in [0.1, 0.15) is 50.2 Å². The molecule has 0 radical (unpaired) electrons. The molecule has 3 heterocycles. The van der Waals surface area contributed by atoms with Crippen molar-refractivity contribution in [1.29, 1.82) is 0 Å². The van der Waals surface area contributed by atoms with Crippen LogP contribution in [0.5, 0.6) is 0 Å². The normalized spacial score (nSPS) is 35.4. The van der Waals surface area contributed by atoms with Gasteiger partial charge < -0.3 is 15.0 Å². The van der Waals surface area contributed by atoms with Crippen LogP contribution in [0.25, 0.3) is 0 Å². The Labute approximate surface area is 172 Å². The minimum absolute atomic E-state index is 0.141. The van der Waals surface area contributed by atoms with Crippen molar-refractivity contribution in [3.05, 3.63) is 29.3 Å². The SMILES string of the molecule is CSc1ccc2c(c1)CN1C(=O)[C@]3(CC[C@@H](NC4CCOCC4)C3)C(C)C1C2. The fourth-order valence-electron chi connectivity index (χ4n) is 6.25. The van der Waals surface area contributed by atoms with Gasteiger partial charge in [0.25, 0.3) is 0 Å². The van der Waals surface area contributed by atoms with E-state index in [1.165, 1.54) is 16.0 Å². The first-order valence-electron chi connectivity index (χ1n) is 10.9. The molecular formula is C23H32N2O2S. The van der Waals surface area contributed by atoms with Gasteiger partial charge in [-0.1, -0.05) is 13.0 Å². The zero-order valence-corrected chi connectivity index (χ0v) is 17.9. The number of hydrogen-bond donors (Lipinski definition) is 1. The van der Waals surface area contributed by atoms with Gasteiger partial charge in [0.1, 0.15) is 0 Å². The second-order valence-electron chi connectivity index (χ2n) is 9.28. The summed E-state index contributed by atoms with van der Waals surface area (Å²) in [5.41, 5.74) is 2.67. The molecule has 3 fully saturated rings. The molecule has 28 heavy (non-hydrogen) atoms. The predicted molar refractivity (Wildman–Crippen MR) is 112 cm³/mol. The third kappa shape index (κ3) is 3.01. The Morgan fingerprint density at radius 3 is 2.79 bits per heavy atom. The van der Waals surface area contributed by atoms with E-state index in [0.717, 1.165) is 58.3 Å². The molecule has 1 saturated carbocycles. The van der Waals surface area contributed by atoms with E-state index < -0.39 is 0 Å². The maximum absolute atomic E-state index is 13.6. The highest BCUT2D eigenvalue weighted by Gasteiger charge is 2.60. The van der Waals surface area contributed by atoms with Crippen molar-refractivity contribution in [2.24, 2.45) is 11.3 Å². The van der Waals surface area contributed by atoms with E-state index in [1.54, 1.807) is 11.8 Å². The standard InChI is InChI=1S/C23H32N2O2S/c1-15-21-12-16-3-4-20(28-2)11-17(16)14-25(21)22(26)23(15)8-5-19(13-23)24-18-6-9-27-10-7-18/h3-4,11,15,18-19,21,24H,5-10,12-14H2,1-2H3/t15?,19-,21?,23+/m1/s1. The predicted octanol–water partition coefficient (Wildman–Crippen LogP) is 3.62. The van der Waals surface area contributed by atoms with E-state index in [0.29, 0.717) is 30.0 Å². The van der Waals surface area contributed by atoms with Crippen LogP contribution in [0.4, 0.5) is 0 Å². The number of nitrogens with one attached hydrogen (secondary N) is 1. The first-order chi connectivity index (χ1) is 13.6. The number of fused-ring (bicyclic) bond motifs is 2. The van der Waals surface area contributed by atoms with Crippen LogP contribution in [-0.2, 0) is 22.5 Å². The molecule has 1 spiro atoms. The number of ether oxygens (including phenoxy) is 1. The average molecular weight is 401 g/mol. The lowest BCUT2D eigenvalue weighted by Crippen LogP contribution is -2.42. The van der Waals surface area contributed by atoms with Gasteiger partial charge in [-0.25, -0.2) is 0 Å². The number of carbonyl (C=O) groups is 1. The zero-order valence-electron chi connectivity index (χ0n) is 17.1. The molecule has 1 aromatic carbocycles. The van der Waals surface area contributed by atoms with Gasteiger partial charge in [-0.05, 0) is 74.0 Å². The molecule has 4 atom stereocenters. The van der Waals surface area contributed by atoms with Crippen molar-refractivity contribution in [2.45, 2.75) is 75.0 Å². The largest absolute Gasteiger partial charge is 0.381 e. The topological polar surface area (TPSA) is 41.6 Å². The molecule has 1 aromatic rings. The molecule has 2 unspecified atom stereocenters. The van der Waals surface area contributed by atoms with E-state index in [9.17, 15) is 4.79 Å². The van der Waals surface area contributed by atoms with E-state index >= 15 is 0 Å². The van der Waals surface area contributed by atoms with Gasteiger partial charge in [0.15, 0.2) is 0 Å². The molecule has 152 valence electrons. The second kappa shape index (κ2) is 7.33. The number of carbonyl (C=O) groups excluding carboxylic acids is 1. The van der Waals surface area contributed by atoms with Gasteiger partial charge in [-0.2, -0.15) is 0 Å². The third-order valence-electron chi connectivity index (χ3n) is 7.96. The van der Waals surface area contributed by atoms with E-state index in [4.69, 9.17) is 4.74 Å². The molecule has 5 heteroatoms. The Balaban J connectivity index is 1.33. The first-order valence-corrected chi connectivity index (χ1v) is 12.1. The maximum atomic E-state index is 13.6. The van der Waals surface area contributed by atoms with E-state index in [1.807, 2.05) is 0 Å². The average Bonchev–Trinajstić information content (AvgIpc) is 3.23. The van der Waals surface area contributed by atoms with Gasteiger partial charge in [0.05, 0.1) is 5.41 Å². The summed E-state index contributed by atoms with van der Waals surface area (Å²) in [6.45, 7) is 4.89. The number of thioether (sulfide) groups is 1. The lowest BCUT2D eigenvalue weighted by molar-refractivity contribution is -0.137. The molecule has 5 rings (SSSR count). The van der Waals surface area contributed by atoms with Gasteiger partial charge in [0, 0.05) is 42.8 Å². The minimum Gasteiger partial charge on any atom is -0.381 e. The van der Waals surface area contributed by atoms with Crippen molar-refractivity contribution in [1.82, 2.24) is 10.2 Å². The van der Waals surface area contributed by atoms with Gasteiger partial charge in [-0.15, -0.1) is 11.8 Å². The number of hydrogen-bond acceptors (Lipinski definition) is 4. The van der Waals surface area contributed by atoms with Crippen LogP contribution < -0.4 is 5.32 Å². The molecule has 1 aliphatic carbocycles. The summed E-state index contributed by atoms with van der Waals surface area (Å²) in [4.78, 5) is 17.2. The molecule has 0 aromatic heterocycles. The smallest absolute Gasteiger partial charge is 0.229 e. The maximum Gasteiger partial charge on any atom is 0.229 e. The molecule has 4 aliphatic rings.